The number of allylic oxidation sites excluding steroid dienone is 1. The molecule has 106 valence electrons. The highest BCUT2D eigenvalue weighted by atomic mass is 16.5. The van der Waals surface area contributed by atoms with E-state index in [-0.39, 0.29) is 6.04 Å². The molecule has 0 aliphatic heterocycles. The minimum atomic E-state index is 0.256. The zero-order chi connectivity index (χ0) is 14.3. The molecule has 0 radical (unpaired) electrons. The van der Waals surface area contributed by atoms with Crippen LogP contribution in [0.25, 0.3) is 0 Å². The number of hydrogen-bond acceptors (Lipinski definition) is 3. The van der Waals surface area contributed by atoms with E-state index >= 15 is 0 Å². The Kier molecular flexibility index (Phi) is 6.43. The maximum Gasteiger partial charge on any atom is 0.165 e. The molecule has 1 rings (SSSR count). The van der Waals surface area contributed by atoms with E-state index in [1.165, 1.54) is 5.57 Å². The van der Waals surface area contributed by atoms with E-state index in [4.69, 9.17) is 9.47 Å². The van der Waals surface area contributed by atoms with Crippen LogP contribution in [-0.4, -0.2) is 20.8 Å². The first-order valence-electron chi connectivity index (χ1n) is 6.72. The molecule has 0 aromatic heterocycles. The summed E-state index contributed by atoms with van der Waals surface area (Å²) in [5, 5.41) is 3.50. The minimum absolute atomic E-state index is 0.256. The third kappa shape index (κ3) is 4.28. The second kappa shape index (κ2) is 7.85. The van der Waals surface area contributed by atoms with Gasteiger partial charge in [0, 0.05) is 11.6 Å². The second-order valence-electron chi connectivity index (χ2n) is 4.69. The lowest BCUT2D eigenvalue weighted by molar-refractivity contribution is 0.345. The summed E-state index contributed by atoms with van der Waals surface area (Å²) < 4.78 is 10.9. The maximum atomic E-state index is 5.51. The van der Waals surface area contributed by atoms with Crippen LogP contribution in [0.2, 0.25) is 0 Å². The number of para-hydroxylation sites is 1. The predicted octanol–water partition coefficient (Wildman–Crippen LogP) is 3.71. The molecule has 0 amide bonds. The molecule has 0 bridgehead atoms. The van der Waals surface area contributed by atoms with Crippen molar-refractivity contribution >= 4 is 0 Å². The molecule has 0 aliphatic rings. The molecule has 1 N–H and O–H groups in total. The van der Waals surface area contributed by atoms with Gasteiger partial charge in [0.1, 0.15) is 0 Å². The molecule has 1 aromatic rings. The van der Waals surface area contributed by atoms with Crippen LogP contribution in [0.3, 0.4) is 0 Å². The number of nitrogens with one attached hydrogen (secondary N) is 1. The third-order valence-corrected chi connectivity index (χ3v) is 3.12. The lowest BCUT2D eigenvalue weighted by Crippen LogP contribution is -2.21. The van der Waals surface area contributed by atoms with Gasteiger partial charge >= 0.3 is 0 Å². The van der Waals surface area contributed by atoms with Crippen molar-refractivity contribution in [3.8, 4) is 11.5 Å². The predicted molar refractivity (Wildman–Crippen MR) is 80.0 cm³/mol. The molecule has 0 aliphatic carbocycles. The lowest BCUT2D eigenvalue weighted by Gasteiger charge is -2.22. The van der Waals surface area contributed by atoms with Gasteiger partial charge in [0.2, 0.25) is 0 Å². The SMILES string of the molecule is C=C(C)CCC(NCC)c1cccc(OC)c1OC. The Labute approximate surface area is 116 Å². The number of ether oxygens (including phenoxy) is 2. The van der Waals surface area contributed by atoms with Gasteiger partial charge in [-0.15, -0.1) is 6.58 Å². The molecular formula is C16H25NO2. The highest BCUT2D eigenvalue weighted by Crippen LogP contribution is 2.36. The van der Waals surface area contributed by atoms with Gasteiger partial charge in [-0.05, 0) is 32.4 Å². The highest BCUT2D eigenvalue weighted by Gasteiger charge is 2.18. The standard InChI is InChI=1S/C16H25NO2/c1-6-17-14(11-10-12(2)3)13-8-7-9-15(18-4)16(13)19-5/h7-9,14,17H,2,6,10-11H2,1,3-5H3. The molecule has 0 spiro atoms. The Balaban J connectivity index is 3.03. The molecule has 3 heteroatoms. The fraction of sp³-hybridized carbons (Fsp3) is 0.500. The van der Waals surface area contributed by atoms with Crippen LogP contribution in [0, 0.1) is 0 Å². The van der Waals surface area contributed by atoms with Crippen molar-refractivity contribution in [3.05, 3.63) is 35.9 Å². The van der Waals surface area contributed by atoms with Gasteiger partial charge in [-0.25, -0.2) is 0 Å². The van der Waals surface area contributed by atoms with Crippen LogP contribution in [0.4, 0.5) is 0 Å². The van der Waals surface area contributed by atoms with Crippen molar-refractivity contribution in [2.75, 3.05) is 20.8 Å². The first kappa shape index (κ1) is 15.6. The van der Waals surface area contributed by atoms with Crippen molar-refractivity contribution < 1.29 is 9.47 Å². The molecule has 1 atom stereocenters. The van der Waals surface area contributed by atoms with Gasteiger partial charge in [0.25, 0.3) is 0 Å². The zero-order valence-corrected chi connectivity index (χ0v) is 12.5. The normalized spacial score (nSPS) is 12.0. The Hall–Kier alpha value is -1.48. The van der Waals surface area contributed by atoms with E-state index in [1.54, 1.807) is 14.2 Å². The maximum absolute atomic E-state index is 5.51. The molecule has 0 fully saturated rings. The van der Waals surface area contributed by atoms with E-state index in [1.807, 2.05) is 12.1 Å². The van der Waals surface area contributed by atoms with Gasteiger partial charge in [-0.1, -0.05) is 24.6 Å². The van der Waals surface area contributed by atoms with E-state index in [9.17, 15) is 0 Å². The average Bonchev–Trinajstić information content (AvgIpc) is 2.42. The zero-order valence-electron chi connectivity index (χ0n) is 12.5. The van der Waals surface area contributed by atoms with E-state index in [0.29, 0.717) is 0 Å². The summed E-state index contributed by atoms with van der Waals surface area (Å²) in [6.45, 7) is 9.06. The summed E-state index contributed by atoms with van der Waals surface area (Å²) >= 11 is 0. The van der Waals surface area contributed by atoms with E-state index in [0.717, 1.165) is 36.4 Å². The molecule has 0 saturated carbocycles. The van der Waals surface area contributed by atoms with E-state index < -0.39 is 0 Å². The lowest BCUT2D eigenvalue weighted by atomic mass is 9.98. The van der Waals surface area contributed by atoms with Gasteiger partial charge in [-0.2, -0.15) is 0 Å². The minimum Gasteiger partial charge on any atom is -0.493 e. The molecular weight excluding hydrogens is 238 g/mol. The fourth-order valence-electron chi connectivity index (χ4n) is 2.19. The number of benzene rings is 1. The Morgan fingerprint density at radius 1 is 1.32 bits per heavy atom. The largest absolute Gasteiger partial charge is 0.493 e. The first-order valence-corrected chi connectivity index (χ1v) is 6.72. The van der Waals surface area contributed by atoms with Gasteiger partial charge in [-0.3, -0.25) is 0 Å². The topological polar surface area (TPSA) is 30.5 Å². The summed E-state index contributed by atoms with van der Waals surface area (Å²) in [7, 11) is 3.35. The monoisotopic (exact) mass is 263 g/mol. The molecule has 0 heterocycles. The van der Waals surface area contributed by atoms with Crippen LogP contribution in [0.5, 0.6) is 11.5 Å². The number of methoxy groups -OCH3 is 2. The smallest absolute Gasteiger partial charge is 0.165 e. The van der Waals surface area contributed by atoms with Crippen molar-refractivity contribution in [1.82, 2.24) is 5.32 Å². The van der Waals surface area contributed by atoms with E-state index in [2.05, 4.69) is 31.8 Å². The second-order valence-corrected chi connectivity index (χ2v) is 4.69. The third-order valence-electron chi connectivity index (χ3n) is 3.12. The molecule has 19 heavy (non-hydrogen) atoms. The summed E-state index contributed by atoms with van der Waals surface area (Å²) in [5.41, 5.74) is 2.34. The van der Waals surface area contributed by atoms with Crippen LogP contribution in [0.15, 0.2) is 30.4 Å². The van der Waals surface area contributed by atoms with Crippen molar-refractivity contribution in [3.63, 3.8) is 0 Å². The average molecular weight is 263 g/mol. The summed E-state index contributed by atoms with van der Waals surface area (Å²) in [5.74, 6) is 1.59. The molecule has 1 aromatic carbocycles. The van der Waals surface area contributed by atoms with Crippen LogP contribution in [-0.2, 0) is 0 Å². The van der Waals surface area contributed by atoms with Crippen molar-refractivity contribution in [1.29, 1.82) is 0 Å². The van der Waals surface area contributed by atoms with Crippen LogP contribution in [0.1, 0.15) is 38.3 Å². The number of rotatable bonds is 8. The summed E-state index contributed by atoms with van der Waals surface area (Å²) in [6, 6.07) is 6.27. The Bertz CT molecular complexity index is 415. The summed E-state index contributed by atoms with van der Waals surface area (Å²) in [4.78, 5) is 0. The Morgan fingerprint density at radius 2 is 2.05 bits per heavy atom. The van der Waals surface area contributed by atoms with Gasteiger partial charge in [0.15, 0.2) is 11.5 Å². The quantitative estimate of drug-likeness (QED) is 0.725. The van der Waals surface area contributed by atoms with Crippen molar-refractivity contribution in [2.24, 2.45) is 0 Å². The molecule has 1 unspecified atom stereocenters. The first-order chi connectivity index (χ1) is 9.13. The molecule has 3 nitrogen and oxygen atoms in total. The van der Waals surface area contributed by atoms with Crippen LogP contribution >= 0.6 is 0 Å². The van der Waals surface area contributed by atoms with Gasteiger partial charge < -0.3 is 14.8 Å². The summed E-state index contributed by atoms with van der Waals surface area (Å²) in [6.07, 6.45) is 2.00. The number of hydrogen-bond donors (Lipinski definition) is 1. The molecule has 0 saturated heterocycles. The van der Waals surface area contributed by atoms with Crippen LogP contribution < -0.4 is 14.8 Å². The highest BCUT2D eigenvalue weighted by molar-refractivity contribution is 5.48. The fourth-order valence-corrected chi connectivity index (χ4v) is 2.19. The van der Waals surface area contributed by atoms with Gasteiger partial charge in [0.05, 0.1) is 14.2 Å². The Morgan fingerprint density at radius 3 is 2.58 bits per heavy atom. The van der Waals surface area contributed by atoms with Crippen molar-refractivity contribution in [2.45, 2.75) is 32.7 Å².